The number of hydrogen-bond acceptors (Lipinski definition) is 3. The zero-order valence-electron chi connectivity index (χ0n) is 11.5. The summed E-state index contributed by atoms with van der Waals surface area (Å²) >= 11 is 0. The molecule has 1 fully saturated rings. The molecule has 0 spiro atoms. The maximum Gasteiger partial charge on any atom is 0.224 e. The zero-order chi connectivity index (χ0) is 12.7. The smallest absolute Gasteiger partial charge is 0.224 e. The van der Waals surface area contributed by atoms with Crippen molar-refractivity contribution >= 4 is 5.91 Å². The van der Waals surface area contributed by atoms with E-state index in [0.29, 0.717) is 5.92 Å². The molecule has 2 N–H and O–H groups in total. The van der Waals surface area contributed by atoms with Gasteiger partial charge in [0, 0.05) is 19.0 Å². The second-order valence-corrected chi connectivity index (χ2v) is 5.08. The molecule has 0 aromatic rings. The van der Waals surface area contributed by atoms with Crippen LogP contribution in [-0.2, 0) is 4.79 Å². The molecule has 0 aromatic heterocycles. The number of hydrogen-bond donors (Lipinski definition) is 2. The summed E-state index contributed by atoms with van der Waals surface area (Å²) in [5.41, 5.74) is 0. The van der Waals surface area contributed by atoms with E-state index in [0.717, 1.165) is 19.6 Å². The number of rotatable bonds is 6. The third-order valence-corrected chi connectivity index (χ3v) is 3.68. The summed E-state index contributed by atoms with van der Waals surface area (Å²) in [6, 6.07) is 0. The van der Waals surface area contributed by atoms with Gasteiger partial charge in [-0.2, -0.15) is 0 Å². The Hall–Kier alpha value is -0.610. The van der Waals surface area contributed by atoms with Crippen LogP contribution in [0.4, 0.5) is 0 Å². The molecule has 1 heterocycles. The molecule has 1 rings (SSSR count). The fourth-order valence-corrected chi connectivity index (χ4v) is 2.32. The van der Waals surface area contributed by atoms with Crippen LogP contribution in [0, 0.1) is 11.8 Å². The third kappa shape index (κ3) is 5.04. The largest absolute Gasteiger partial charge is 0.356 e. The van der Waals surface area contributed by atoms with Gasteiger partial charge in [0.05, 0.1) is 0 Å². The average molecular weight is 241 g/mol. The Labute approximate surface area is 105 Å². The lowest BCUT2D eigenvalue weighted by Gasteiger charge is -2.31. The van der Waals surface area contributed by atoms with Crippen LogP contribution in [0.25, 0.3) is 0 Å². The van der Waals surface area contributed by atoms with Crippen molar-refractivity contribution in [2.75, 3.05) is 39.8 Å². The Morgan fingerprint density at radius 1 is 1.41 bits per heavy atom. The second kappa shape index (κ2) is 7.67. The van der Waals surface area contributed by atoms with Crippen LogP contribution in [0.1, 0.15) is 26.7 Å². The van der Waals surface area contributed by atoms with Crippen LogP contribution < -0.4 is 10.6 Å². The SMILES string of the molecule is CCN1CCC(CNC(=O)C(C)CNC)CC1. The lowest BCUT2D eigenvalue weighted by molar-refractivity contribution is -0.124. The fourth-order valence-electron chi connectivity index (χ4n) is 2.32. The van der Waals surface area contributed by atoms with Crippen LogP contribution in [0.3, 0.4) is 0 Å². The topological polar surface area (TPSA) is 44.4 Å². The molecule has 17 heavy (non-hydrogen) atoms. The minimum Gasteiger partial charge on any atom is -0.356 e. The monoisotopic (exact) mass is 241 g/mol. The Balaban J connectivity index is 2.16. The molecule has 1 saturated heterocycles. The van der Waals surface area contributed by atoms with Crippen molar-refractivity contribution in [3.8, 4) is 0 Å². The van der Waals surface area contributed by atoms with E-state index in [1.807, 2.05) is 14.0 Å². The molecule has 0 aromatic carbocycles. The highest BCUT2D eigenvalue weighted by Gasteiger charge is 2.19. The van der Waals surface area contributed by atoms with E-state index in [9.17, 15) is 4.79 Å². The molecule has 0 bridgehead atoms. The van der Waals surface area contributed by atoms with Gasteiger partial charge < -0.3 is 15.5 Å². The molecule has 1 aliphatic rings. The van der Waals surface area contributed by atoms with E-state index in [1.165, 1.54) is 25.9 Å². The van der Waals surface area contributed by atoms with Crippen LogP contribution in [-0.4, -0.2) is 50.6 Å². The van der Waals surface area contributed by atoms with E-state index in [2.05, 4.69) is 22.5 Å². The van der Waals surface area contributed by atoms with Crippen molar-refractivity contribution in [2.24, 2.45) is 11.8 Å². The molecular formula is C13H27N3O. The molecule has 4 nitrogen and oxygen atoms in total. The molecule has 1 unspecified atom stereocenters. The molecule has 0 aliphatic carbocycles. The standard InChI is InChI=1S/C13H27N3O/c1-4-16-7-5-12(6-8-16)10-15-13(17)11(2)9-14-3/h11-12,14H,4-10H2,1-3H3,(H,15,17). The van der Waals surface area contributed by atoms with Crippen molar-refractivity contribution in [1.82, 2.24) is 15.5 Å². The first kappa shape index (κ1) is 14.5. The first-order valence-corrected chi connectivity index (χ1v) is 6.82. The Morgan fingerprint density at radius 3 is 2.59 bits per heavy atom. The number of nitrogens with one attached hydrogen (secondary N) is 2. The molecule has 4 heteroatoms. The summed E-state index contributed by atoms with van der Waals surface area (Å²) in [5.74, 6) is 0.913. The van der Waals surface area contributed by atoms with Gasteiger partial charge in [0.15, 0.2) is 0 Å². The number of carbonyl (C=O) groups is 1. The van der Waals surface area contributed by atoms with Gasteiger partial charge in [0.2, 0.25) is 5.91 Å². The van der Waals surface area contributed by atoms with Gasteiger partial charge >= 0.3 is 0 Å². The Kier molecular flexibility index (Phi) is 6.52. The lowest BCUT2D eigenvalue weighted by atomic mass is 9.96. The number of amides is 1. The molecule has 1 aliphatic heterocycles. The van der Waals surface area contributed by atoms with E-state index in [-0.39, 0.29) is 11.8 Å². The lowest BCUT2D eigenvalue weighted by Crippen LogP contribution is -2.41. The van der Waals surface area contributed by atoms with E-state index >= 15 is 0 Å². The zero-order valence-corrected chi connectivity index (χ0v) is 11.5. The number of nitrogens with zero attached hydrogens (tertiary/aromatic N) is 1. The summed E-state index contributed by atoms with van der Waals surface area (Å²) in [4.78, 5) is 14.2. The van der Waals surface area contributed by atoms with Gasteiger partial charge in [0.1, 0.15) is 0 Å². The number of carbonyl (C=O) groups excluding carboxylic acids is 1. The summed E-state index contributed by atoms with van der Waals surface area (Å²) < 4.78 is 0. The predicted octanol–water partition coefficient (Wildman–Crippen LogP) is 0.690. The maximum absolute atomic E-state index is 11.7. The van der Waals surface area contributed by atoms with E-state index in [4.69, 9.17) is 0 Å². The van der Waals surface area contributed by atoms with Crippen molar-refractivity contribution in [3.05, 3.63) is 0 Å². The highest BCUT2D eigenvalue weighted by Crippen LogP contribution is 2.15. The average Bonchev–Trinajstić information content (AvgIpc) is 2.36. The normalized spacial score (nSPS) is 20.2. The van der Waals surface area contributed by atoms with Crippen LogP contribution in [0.15, 0.2) is 0 Å². The first-order chi connectivity index (χ1) is 8.17. The molecule has 1 atom stereocenters. The minimum atomic E-state index is 0.0655. The van der Waals surface area contributed by atoms with Crippen molar-refractivity contribution in [2.45, 2.75) is 26.7 Å². The molecule has 0 saturated carbocycles. The Bertz CT molecular complexity index is 225. The highest BCUT2D eigenvalue weighted by atomic mass is 16.1. The van der Waals surface area contributed by atoms with E-state index < -0.39 is 0 Å². The summed E-state index contributed by atoms with van der Waals surface area (Å²) in [7, 11) is 1.88. The Morgan fingerprint density at radius 2 is 2.06 bits per heavy atom. The predicted molar refractivity (Wildman–Crippen MR) is 70.9 cm³/mol. The fraction of sp³-hybridized carbons (Fsp3) is 0.923. The molecule has 1 amide bonds. The molecule has 100 valence electrons. The number of piperidine rings is 1. The quantitative estimate of drug-likeness (QED) is 0.719. The minimum absolute atomic E-state index is 0.0655. The van der Waals surface area contributed by atoms with Crippen molar-refractivity contribution < 1.29 is 4.79 Å². The van der Waals surface area contributed by atoms with Gasteiger partial charge in [-0.25, -0.2) is 0 Å². The van der Waals surface area contributed by atoms with Gasteiger partial charge in [-0.3, -0.25) is 4.79 Å². The van der Waals surface area contributed by atoms with Gasteiger partial charge in [-0.05, 0) is 45.4 Å². The van der Waals surface area contributed by atoms with Crippen LogP contribution >= 0.6 is 0 Å². The van der Waals surface area contributed by atoms with Crippen LogP contribution in [0.5, 0.6) is 0 Å². The summed E-state index contributed by atoms with van der Waals surface area (Å²) in [6.45, 7) is 9.29. The third-order valence-electron chi connectivity index (χ3n) is 3.68. The van der Waals surface area contributed by atoms with Crippen molar-refractivity contribution in [1.29, 1.82) is 0 Å². The van der Waals surface area contributed by atoms with Gasteiger partial charge in [0.25, 0.3) is 0 Å². The summed E-state index contributed by atoms with van der Waals surface area (Å²) in [6.07, 6.45) is 2.43. The second-order valence-electron chi connectivity index (χ2n) is 5.08. The maximum atomic E-state index is 11.7. The van der Waals surface area contributed by atoms with E-state index in [1.54, 1.807) is 0 Å². The summed E-state index contributed by atoms with van der Waals surface area (Å²) in [5, 5.41) is 6.10. The highest BCUT2D eigenvalue weighted by molar-refractivity contribution is 5.78. The first-order valence-electron chi connectivity index (χ1n) is 6.82. The molecule has 0 radical (unpaired) electrons. The van der Waals surface area contributed by atoms with Crippen LogP contribution in [0.2, 0.25) is 0 Å². The van der Waals surface area contributed by atoms with Crippen molar-refractivity contribution in [3.63, 3.8) is 0 Å². The van der Waals surface area contributed by atoms with Gasteiger partial charge in [-0.15, -0.1) is 0 Å². The number of likely N-dealkylation sites (tertiary alicyclic amines) is 1. The van der Waals surface area contributed by atoms with Gasteiger partial charge in [-0.1, -0.05) is 13.8 Å². The molecular weight excluding hydrogens is 214 g/mol.